The number of terminal acetylenes is 1. The van der Waals surface area contributed by atoms with Crippen molar-refractivity contribution in [2.75, 3.05) is 43.5 Å². The van der Waals surface area contributed by atoms with Crippen LogP contribution < -0.4 is 15.4 Å². The summed E-state index contributed by atoms with van der Waals surface area (Å²) in [5.41, 5.74) is 3.87. The predicted molar refractivity (Wildman–Crippen MR) is 147 cm³/mol. The number of carbonyl (C=O) groups is 1. The molecule has 192 valence electrons. The van der Waals surface area contributed by atoms with Gasteiger partial charge in [-0.05, 0) is 49.8 Å². The molecule has 1 atom stereocenters. The van der Waals surface area contributed by atoms with Gasteiger partial charge < -0.3 is 25.0 Å². The van der Waals surface area contributed by atoms with Crippen LogP contribution in [0.25, 0.3) is 10.9 Å². The van der Waals surface area contributed by atoms with Crippen LogP contribution in [0.15, 0.2) is 48.8 Å². The van der Waals surface area contributed by atoms with Crippen LogP contribution in [0.5, 0.6) is 5.75 Å². The van der Waals surface area contributed by atoms with Crippen LogP contribution in [0.1, 0.15) is 31.4 Å². The molecule has 8 heteroatoms. The number of aromatic nitrogens is 2. The molecular formula is C29H33N5O3. The number of fused-ring (bicyclic) bond motifs is 1. The number of nitrogens with zero attached hydrogens (tertiary/aromatic N) is 3. The molecule has 1 aliphatic heterocycles. The molecule has 0 spiro atoms. The summed E-state index contributed by atoms with van der Waals surface area (Å²) in [6, 6.07) is 9.51. The number of nitrogens with one attached hydrogen (secondary N) is 2. The lowest BCUT2D eigenvalue weighted by molar-refractivity contribution is -0.111. The summed E-state index contributed by atoms with van der Waals surface area (Å²) in [5.74, 6) is 3.59. The number of carbonyl (C=O) groups excluding carboxylic acids is 1. The Hall–Kier alpha value is -3.93. The molecule has 1 aliphatic rings. The quantitative estimate of drug-likeness (QED) is 0.310. The Labute approximate surface area is 218 Å². The summed E-state index contributed by atoms with van der Waals surface area (Å²) in [6.07, 6.45) is 11.2. The van der Waals surface area contributed by atoms with Gasteiger partial charge in [0.05, 0.1) is 24.4 Å². The molecule has 2 aromatic carbocycles. The average Bonchev–Trinajstić information content (AvgIpc) is 3.40. The number of rotatable bonds is 10. The van der Waals surface area contributed by atoms with Crippen LogP contribution in [0.2, 0.25) is 0 Å². The van der Waals surface area contributed by atoms with Crippen molar-refractivity contribution in [3.63, 3.8) is 0 Å². The molecule has 1 aromatic heterocycles. The Balaban J connectivity index is 1.66. The summed E-state index contributed by atoms with van der Waals surface area (Å²) >= 11 is 0. The van der Waals surface area contributed by atoms with Crippen molar-refractivity contribution in [1.82, 2.24) is 14.9 Å². The molecule has 0 bridgehead atoms. The van der Waals surface area contributed by atoms with Crippen molar-refractivity contribution in [2.45, 2.75) is 33.3 Å². The molecule has 37 heavy (non-hydrogen) atoms. The molecule has 1 saturated heterocycles. The molecule has 2 N–H and O–H groups in total. The van der Waals surface area contributed by atoms with E-state index in [2.05, 4.69) is 45.3 Å². The minimum Gasteiger partial charge on any atom is -0.486 e. The first kappa shape index (κ1) is 26.1. The smallest absolute Gasteiger partial charge is 0.248 e. The second kappa shape index (κ2) is 12.3. The summed E-state index contributed by atoms with van der Waals surface area (Å²) in [6.45, 7) is 9.90. The topological polar surface area (TPSA) is 88.6 Å². The number of anilines is 3. The summed E-state index contributed by atoms with van der Waals surface area (Å²) < 4.78 is 11.7. The normalized spacial score (nSPS) is 15.3. The van der Waals surface area contributed by atoms with Crippen molar-refractivity contribution < 1.29 is 14.3 Å². The summed E-state index contributed by atoms with van der Waals surface area (Å²) in [5, 5.41) is 7.08. The van der Waals surface area contributed by atoms with Crippen molar-refractivity contribution >= 4 is 34.0 Å². The van der Waals surface area contributed by atoms with Crippen molar-refractivity contribution in [2.24, 2.45) is 0 Å². The predicted octanol–water partition coefficient (Wildman–Crippen LogP) is 4.67. The first-order valence-corrected chi connectivity index (χ1v) is 12.6. The Morgan fingerprint density at radius 3 is 2.81 bits per heavy atom. The fourth-order valence-electron chi connectivity index (χ4n) is 4.20. The van der Waals surface area contributed by atoms with E-state index in [0.29, 0.717) is 42.5 Å². The Morgan fingerprint density at radius 1 is 1.24 bits per heavy atom. The summed E-state index contributed by atoms with van der Waals surface area (Å²) in [7, 11) is 0. The largest absolute Gasteiger partial charge is 0.486 e. The van der Waals surface area contributed by atoms with Gasteiger partial charge in [-0.25, -0.2) is 9.97 Å². The van der Waals surface area contributed by atoms with E-state index in [1.165, 1.54) is 6.33 Å². The summed E-state index contributed by atoms with van der Waals surface area (Å²) in [4.78, 5) is 24.0. The highest BCUT2D eigenvalue weighted by Crippen LogP contribution is 2.35. The zero-order valence-corrected chi connectivity index (χ0v) is 21.6. The van der Waals surface area contributed by atoms with Gasteiger partial charge in [0.15, 0.2) is 0 Å². The first-order chi connectivity index (χ1) is 18.0. The standard InChI is InChI=1S/C29H33N5O3/c1-5-21-13-20(4)14-22(15-21)32-29-24-16-26(33-28(35)9-8-11-34(6-2)7-3)27(17-25(24)30-19-31-29)37-23-10-12-36-18-23/h1,8-9,13-17,19,23H,6-7,10-12,18H2,2-4H3,(H,33,35)(H,30,31,32)/b9-8+/t23-/m0/s1. The second-order valence-electron chi connectivity index (χ2n) is 8.93. The van der Waals surface area contributed by atoms with Crippen LogP contribution in [0.4, 0.5) is 17.2 Å². The molecule has 8 nitrogen and oxygen atoms in total. The maximum atomic E-state index is 12.8. The van der Waals surface area contributed by atoms with Crippen molar-refractivity contribution in [3.8, 4) is 18.1 Å². The first-order valence-electron chi connectivity index (χ1n) is 12.6. The van der Waals surface area contributed by atoms with E-state index < -0.39 is 0 Å². The van der Waals surface area contributed by atoms with Gasteiger partial charge >= 0.3 is 0 Å². The Morgan fingerprint density at radius 2 is 2.08 bits per heavy atom. The van der Waals surface area contributed by atoms with Crippen molar-refractivity contribution in [1.29, 1.82) is 0 Å². The number of benzene rings is 2. The Kier molecular flexibility index (Phi) is 8.72. The van der Waals surface area contributed by atoms with Crippen LogP contribution in [0.3, 0.4) is 0 Å². The van der Waals surface area contributed by atoms with Crippen LogP contribution in [0, 0.1) is 19.3 Å². The lowest BCUT2D eigenvalue weighted by Crippen LogP contribution is -2.23. The van der Waals surface area contributed by atoms with E-state index in [1.807, 2.05) is 43.3 Å². The monoisotopic (exact) mass is 499 g/mol. The molecule has 0 radical (unpaired) electrons. The van der Waals surface area contributed by atoms with Gasteiger partial charge in [-0.2, -0.15) is 0 Å². The van der Waals surface area contributed by atoms with E-state index in [-0.39, 0.29) is 12.0 Å². The zero-order valence-electron chi connectivity index (χ0n) is 21.6. The fraction of sp³-hybridized carbons (Fsp3) is 0.345. The molecule has 0 aliphatic carbocycles. The number of hydrogen-bond donors (Lipinski definition) is 2. The number of hydrogen-bond acceptors (Lipinski definition) is 7. The van der Waals surface area contributed by atoms with E-state index in [9.17, 15) is 4.79 Å². The van der Waals surface area contributed by atoms with Gasteiger partial charge in [0, 0.05) is 41.7 Å². The van der Waals surface area contributed by atoms with Crippen LogP contribution >= 0.6 is 0 Å². The van der Waals surface area contributed by atoms with Gasteiger partial charge in [-0.3, -0.25) is 4.79 Å². The lowest BCUT2D eigenvalue weighted by atomic mass is 10.1. The van der Waals surface area contributed by atoms with E-state index in [1.54, 1.807) is 6.08 Å². The highest BCUT2D eigenvalue weighted by atomic mass is 16.5. The highest BCUT2D eigenvalue weighted by Gasteiger charge is 2.20. The molecule has 1 amide bonds. The van der Waals surface area contributed by atoms with E-state index >= 15 is 0 Å². The third-order valence-electron chi connectivity index (χ3n) is 6.21. The third kappa shape index (κ3) is 6.85. The zero-order chi connectivity index (χ0) is 26.2. The van der Waals surface area contributed by atoms with Crippen LogP contribution in [-0.2, 0) is 9.53 Å². The van der Waals surface area contributed by atoms with Gasteiger partial charge in [0.25, 0.3) is 0 Å². The van der Waals surface area contributed by atoms with E-state index in [0.717, 1.165) is 41.7 Å². The highest BCUT2D eigenvalue weighted by molar-refractivity contribution is 6.03. The third-order valence-corrected chi connectivity index (χ3v) is 6.21. The van der Waals surface area contributed by atoms with Gasteiger partial charge in [0.1, 0.15) is 24.0 Å². The number of ether oxygens (including phenoxy) is 2. The molecule has 0 saturated carbocycles. The molecule has 0 unspecified atom stereocenters. The molecular weight excluding hydrogens is 466 g/mol. The number of amides is 1. The minimum atomic E-state index is -0.234. The number of likely N-dealkylation sites (N-methyl/N-ethyl adjacent to an activating group) is 1. The maximum absolute atomic E-state index is 12.8. The fourth-order valence-corrected chi connectivity index (χ4v) is 4.20. The Bertz CT molecular complexity index is 1320. The van der Waals surface area contributed by atoms with Crippen molar-refractivity contribution in [3.05, 3.63) is 59.9 Å². The molecule has 1 fully saturated rings. The maximum Gasteiger partial charge on any atom is 0.248 e. The second-order valence-corrected chi connectivity index (χ2v) is 8.93. The molecule has 3 aromatic rings. The average molecular weight is 500 g/mol. The van der Waals surface area contributed by atoms with E-state index in [4.69, 9.17) is 15.9 Å². The van der Waals surface area contributed by atoms with Gasteiger partial charge in [-0.1, -0.05) is 25.8 Å². The van der Waals surface area contributed by atoms with Crippen LogP contribution in [-0.4, -0.2) is 59.7 Å². The molecule has 4 rings (SSSR count). The molecule has 2 heterocycles. The minimum absolute atomic E-state index is 0.0831. The number of aryl methyl sites for hydroxylation is 1. The van der Waals surface area contributed by atoms with Gasteiger partial charge in [-0.15, -0.1) is 6.42 Å². The van der Waals surface area contributed by atoms with Gasteiger partial charge in [0.2, 0.25) is 5.91 Å². The lowest BCUT2D eigenvalue weighted by Gasteiger charge is -2.18. The SMILES string of the molecule is C#Cc1cc(C)cc(Nc2ncnc3cc(O[C@H]4CCOC4)c(NC(=O)/C=C/CN(CC)CC)cc23)c1.